The molecule has 0 aromatic heterocycles. The van der Waals surface area contributed by atoms with Crippen LogP contribution in [0.25, 0.3) is 0 Å². The van der Waals surface area contributed by atoms with Crippen LogP contribution < -0.4 is 4.74 Å². The molecule has 18 heavy (non-hydrogen) atoms. The quantitative estimate of drug-likeness (QED) is 0.873. The Morgan fingerprint density at radius 3 is 2.72 bits per heavy atom. The fourth-order valence-electron chi connectivity index (χ4n) is 2.78. The molecule has 0 aliphatic carbocycles. The van der Waals surface area contributed by atoms with E-state index in [1.54, 1.807) is 7.11 Å². The Balaban J connectivity index is 2.39. The predicted octanol–water partition coefficient (Wildman–Crippen LogP) is 2.86. The highest BCUT2D eigenvalue weighted by Gasteiger charge is 2.38. The molecule has 1 heterocycles. The topological polar surface area (TPSA) is 38.7 Å². The summed E-state index contributed by atoms with van der Waals surface area (Å²) < 4.78 is 11.3. The summed E-state index contributed by atoms with van der Waals surface area (Å²) in [6.45, 7) is 4.79. The molecular weight excluding hydrogens is 228 g/mol. The number of benzene rings is 1. The molecule has 0 bridgehead atoms. The summed E-state index contributed by atoms with van der Waals surface area (Å²) >= 11 is 0. The highest BCUT2D eigenvalue weighted by atomic mass is 16.5. The molecule has 1 aliphatic rings. The van der Waals surface area contributed by atoms with Gasteiger partial charge in [0, 0.05) is 19.1 Å². The van der Waals surface area contributed by atoms with Crippen molar-refractivity contribution in [1.82, 2.24) is 0 Å². The van der Waals surface area contributed by atoms with Gasteiger partial charge < -0.3 is 14.6 Å². The average molecular weight is 250 g/mol. The normalized spacial score (nSPS) is 16.2. The number of methoxy groups -OCH3 is 1. The maximum absolute atomic E-state index is 10.7. The average Bonchev–Trinajstić information content (AvgIpc) is 2.89. The Kier molecular flexibility index (Phi) is 3.93. The van der Waals surface area contributed by atoms with Crippen LogP contribution in [0.4, 0.5) is 0 Å². The Morgan fingerprint density at radius 2 is 2.11 bits per heavy atom. The largest absolute Gasteiger partial charge is 0.493 e. The van der Waals surface area contributed by atoms with Crippen LogP contribution in [-0.4, -0.2) is 24.4 Å². The Hall–Kier alpha value is -1.06. The molecule has 0 amide bonds. The molecule has 1 aliphatic heterocycles. The number of rotatable bonds is 5. The first kappa shape index (κ1) is 13.4. The maximum atomic E-state index is 10.7. The van der Waals surface area contributed by atoms with Crippen LogP contribution in [-0.2, 0) is 11.2 Å². The van der Waals surface area contributed by atoms with Gasteiger partial charge in [-0.25, -0.2) is 0 Å². The molecule has 1 aromatic carbocycles. The summed E-state index contributed by atoms with van der Waals surface area (Å²) in [6, 6.07) is 5.98. The minimum Gasteiger partial charge on any atom is -0.493 e. The molecule has 1 N–H and O–H groups in total. The number of para-hydroxylation sites is 1. The molecule has 0 radical (unpaired) electrons. The molecule has 2 rings (SSSR count). The molecule has 0 fully saturated rings. The van der Waals surface area contributed by atoms with E-state index in [0.29, 0.717) is 6.61 Å². The molecule has 0 spiro atoms. The first-order valence-corrected chi connectivity index (χ1v) is 6.66. The van der Waals surface area contributed by atoms with E-state index in [2.05, 4.69) is 6.07 Å². The van der Waals surface area contributed by atoms with Crippen LogP contribution in [0.1, 0.15) is 43.9 Å². The summed E-state index contributed by atoms with van der Waals surface area (Å²) in [5, 5.41) is 10.7. The second-order valence-electron chi connectivity index (χ2n) is 4.81. The molecule has 3 nitrogen and oxygen atoms in total. The van der Waals surface area contributed by atoms with Gasteiger partial charge in [-0.15, -0.1) is 0 Å². The van der Waals surface area contributed by atoms with Gasteiger partial charge in [0.2, 0.25) is 0 Å². The van der Waals surface area contributed by atoms with Gasteiger partial charge in [0.05, 0.1) is 12.2 Å². The molecule has 100 valence electrons. The second kappa shape index (κ2) is 5.29. The number of aliphatic hydroxyl groups excluding tert-OH is 1. The van der Waals surface area contributed by atoms with Crippen molar-refractivity contribution in [3.05, 3.63) is 29.3 Å². The third-order valence-electron chi connectivity index (χ3n) is 4.14. The van der Waals surface area contributed by atoms with E-state index in [9.17, 15) is 5.11 Å². The van der Waals surface area contributed by atoms with Crippen LogP contribution in [0.15, 0.2) is 18.2 Å². The smallest absolute Gasteiger partial charge is 0.128 e. The van der Waals surface area contributed by atoms with Gasteiger partial charge in [-0.05, 0) is 18.4 Å². The highest BCUT2D eigenvalue weighted by Crippen LogP contribution is 2.41. The van der Waals surface area contributed by atoms with E-state index in [4.69, 9.17) is 9.47 Å². The van der Waals surface area contributed by atoms with E-state index in [1.807, 2.05) is 26.0 Å². The molecule has 0 saturated heterocycles. The first-order valence-electron chi connectivity index (χ1n) is 6.66. The van der Waals surface area contributed by atoms with Crippen molar-refractivity contribution in [2.45, 2.75) is 44.8 Å². The number of hydrogen-bond donors (Lipinski definition) is 1. The second-order valence-corrected chi connectivity index (χ2v) is 4.81. The van der Waals surface area contributed by atoms with Gasteiger partial charge in [0.25, 0.3) is 0 Å². The number of ether oxygens (including phenoxy) is 2. The molecule has 3 heteroatoms. The number of hydrogen-bond acceptors (Lipinski definition) is 3. The van der Waals surface area contributed by atoms with Gasteiger partial charge in [-0.3, -0.25) is 0 Å². The van der Waals surface area contributed by atoms with E-state index in [-0.39, 0.29) is 0 Å². The third kappa shape index (κ3) is 2.02. The lowest BCUT2D eigenvalue weighted by atomic mass is 9.85. The van der Waals surface area contributed by atoms with Gasteiger partial charge in [-0.2, -0.15) is 0 Å². The summed E-state index contributed by atoms with van der Waals surface area (Å²) in [5.41, 5.74) is 1.51. The number of fused-ring (bicyclic) bond motifs is 1. The Labute approximate surface area is 109 Å². The van der Waals surface area contributed by atoms with Crippen molar-refractivity contribution < 1.29 is 14.6 Å². The van der Waals surface area contributed by atoms with Gasteiger partial charge in [-0.1, -0.05) is 32.0 Å². The van der Waals surface area contributed by atoms with Gasteiger partial charge in [0.15, 0.2) is 0 Å². The Bertz CT molecular complexity index is 402. The standard InChI is InChI=1S/C15H22O3/c1-4-15(5-2,17-3)14(16)12-8-6-7-11-9-10-18-13(11)12/h6-8,14,16H,4-5,9-10H2,1-3H3. The minimum atomic E-state index is -0.648. The Morgan fingerprint density at radius 1 is 1.39 bits per heavy atom. The summed E-state index contributed by atoms with van der Waals surface area (Å²) in [5.74, 6) is 0.855. The molecular formula is C15H22O3. The molecule has 0 saturated carbocycles. The lowest BCUT2D eigenvalue weighted by Gasteiger charge is -2.35. The zero-order valence-corrected chi connectivity index (χ0v) is 11.4. The van der Waals surface area contributed by atoms with Gasteiger partial charge >= 0.3 is 0 Å². The first-order chi connectivity index (χ1) is 8.68. The maximum Gasteiger partial charge on any atom is 0.128 e. The summed E-state index contributed by atoms with van der Waals surface area (Å²) in [6.07, 6.45) is 1.81. The van der Waals surface area contributed by atoms with Crippen LogP contribution in [0.5, 0.6) is 5.75 Å². The van der Waals surface area contributed by atoms with Crippen molar-refractivity contribution in [2.24, 2.45) is 0 Å². The lowest BCUT2D eigenvalue weighted by molar-refractivity contribution is -0.110. The number of aliphatic hydroxyl groups is 1. The van der Waals surface area contributed by atoms with E-state index < -0.39 is 11.7 Å². The highest BCUT2D eigenvalue weighted by molar-refractivity contribution is 5.46. The van der Waals surface area contributed by atoms with Crippen molar-refractivity contribution in [3.63, 3.8) is 0 Å². The van der Waals surface area contributed by atoms with Crippen LogP contribution in [0, 0.1) is 0 Å². The molecule has 1 aromatic rings. The van der Waals surface area contributed by atoms with Crippen LogP contribution in [0.3, 0.4) is 0 Å². The molecule has 1 atom stereocenters. The zero-order valence-electron chi connectivity index (χ0n) is 11.4. The molecule has 1 unspecified atom stereocenters. The third-order valence-corrected chi connectivity index (χ3v) is 4.14. The van der Waals surface area contributed by atoms with E-state index in [0.717, 1.165) is 30.6 Å². The predicted molar refractivity (Wildman–Crippen MR) is 70.9 cm³/mol. The minimum absolute atomic E-state index is 0.527. The monoisotopic (exact) mass is 250 g/mol. The summed E-state index contributed by atoms with van der Waals surface area (Å²) in [4.78, 5) is 0. The van der Waals surface area contributed by atoms with E-state index in [1.165, 1.54) is 5.56 Å². The van der Waals surface area contributed by atoms with Crippen molar-refractivity contribution in [3.8, 4) is 5.75 Å². The summed E-state index contributed by atoms with van der Waals surface area (Å²) in [7, 11) is 1.67. The SMILES string of the molecule is CCC(CC)(OC)C(O)c1cccc2c1OCC2. The van der Waals surface area contributed by atoms with Crippen molar-refractivity contribution in [2.75, 3.05) is 13.7 Å². The fourth-order valence-corrected chi connectivity index (χ4v) is 2.78. The van der Waals surface area contributed by atoms with Crippen molar-refractivity contribution in [1.29, 1.82) is 0 Å². The fraction of sp³-hybridized carbons (Fsp3) is 0.600. The zero-order chi connectivity index (χ0) is 13.2. The van der Waals surface area contributed by atoms with Crippen molar-refractivity contribution >= 4 is 0 Å². The van der Waals surface area contributed by atoms with Crippen LogP contribution in [0.2, 0.25) is 0 Å². The van der Waals surface area contributed by atoms with Crippen LogP contribution >= 0.6 is 0 Å². The van der Waals surface area contributed by atoms with Gasteiger partial charge in [0.1, 0.15) is 11.9 Å². The van der Waals surface area contributed by atoms with E-state index >= 15 is 0 Å². The lowest BCUT2D eigenvalue weighted by Crippen LogP contribution is -2.37.